The molecule has 2 aromatic rings. The number of pyridine rings is 1. The Hall–Kier alpha value is -2.75. The maximum Gasteiger partial charge on any atom is 0.417 e. The van der Waals surface area contributed by atoms with Crippen molar-refractivity contribution in [2.45, 2.75) is 30.3 Å². The summed E-state index contributed by atoms with van der Waals surface area (Å²) in [5.41, 5.74) is -0.206. The first kappa shape index (κ1) is 24.4. The number of rotatable bonds is 5. The van der Waals surface area contributed by atoms with Gasteiger partial charge in [-0.05, 0) is 43.5 Å². The maximum atomic E-state index is 13.3. The minimum Gasteiger partial charge on any atom is -0.355 e. The number of nitrogens with zero attached hydrogens (tertiary/aromatic N) is 4. The van der Waals surface area contributed by atoms with Gasteiger partial charge in [-0.3, -0.25) is 9.59 Å². The molecule has 10 heteroatoms. The van der Waals surface area contributed by atoms with E-state index in [0.717, 1.165) is 43.1 Å². The molecule has 2 aliphatic heterocycles. The molecular weight excluding hydrogens is 465 g/mol. The molecule has 0 radical (unpaired) electrons. The average Bonchev–Trinajstić information content (AvgIpc) is 3.27. The van der Waals surface area contributed by atoms with Crippen LogP contribution in [0, 0.1) is 0 Å². The van der Waals surface area contributed by atoms with Gasteiger partial charge in [0.15, 0.2) is 0 Å². The molecule has 1 aromatic heterocycles. The van der Waals surface area contributed by atoms with Crippen LogP contribution in [0.5, 0.6) is 0 Å². The molecule has 2 amide bonds. The summed E-state index contributed by atoms with van der Waals surface area (Å²) in [6.45, 7) is 3.67. The fourth-order valence-electron chi connectivity index (χ4n) is 4.23. The number of benzene rings is 1. The van der Waals surface area contributed by atoms with E-state index in [2.05, 4.69) is 4.98 Å². The molecule has 2 saturated heterocycles. The van der Waals surface area contributed by atoms with Crippen molar-refractivity contribution in [3.05, 3.63) is 53.7 Å². The number of thioether (sulfide) groups is 1. The molecule has 0 spiro atoms. The lowest BCUT2D eigenvalue weighted by molar-refractivity contribution is -0.137. The summed E-state index contributed by atoms with van der Waals surface area (Å²) in [5, 5.41) is 0. The lowest BCUT2D eigenvalue weighted by Crippen LogP contribution is -2.35. The Balaban J connectivity index is 1.38. The fraction of sp³-hybridized carbons (Fsp3) is 0.458. The molecule has 0 unspecified atom stereocenters. The third kappa shape index (κ3) is 5.84. The van der Waals surface area contributed by atoms with Gasteiger partial charge in [0.1, 0.15) is 5.82 Å². The molecule has 2 aliphatic rings. The predicted molar refractivity (Wildman–Crippen MR) is 125 cm³/mol. The maximum absolute atomic E-state index is 13.3. The van der Waals surface area contributed by atoms with Crippen molar-refractivity contribution in [1.29, 1.82) is 0 Å². The van der Waals surface area contributed by atoms with Crippen molar-refractivity contribution in [3.8, 4) is 0 Å². The molecule has 4 rings (SSSR count). The zero-order valence-electron chi connectivity index (χ0n) is 18.8. The third-order valence-electron chi connectivity index (χ3n) is 6.11. The molecule has 2 fully saturated rings. The quantitative estimate of drug-likeness (QED) is 0.587. The molecule has 0 saturated carbocycles. The van der Waals surface area contributed by atoms with Gasteiger partial charge in [-0.2, -0.15) is 13.2 Å². The van der Waals surface area contributed by atoms with Crippen molar-refractivity contribution in [1.82, 2.24) is 14.8 Å². The fourth-order valence-corrected chi connectivity index (χ4v) is 5.17. The predicted octanol–water partition coefficient (Wildman–Crippen LogP) is 4.17. The number of halogens is 3. The zero-order chi connectivity index (χ0) is 24.1. The Morgan fingerprint density at radius 2 is 1.62 bits per heavy atom. The second-order valence-corrected chi connectivity index (χ2v) is 9.43. The third-order valence-corrected chi connectivity index (χ3v) is 7.17. The molecule has 0 aliphatic carbocycles. The Bertz CT molecular complexity index is 1010. The topological polar surface area (TPSA) is 56.8 Å². The van der Waals surface area contributed by atoms with E-state index in [1.807, 2.05) is 28.0 Å². The van der Waals surface area contributed by atoms with E-state index in [0.29, 0.717) is 49.7 Å². The number of carbonyl (C=O) groups excluding carboxylic acids is 2. The van der Waals surface area contributed by atoms with Gasteiger partial charge in [0.05, 0.1) is 16.9 Å². The first-order valence-corrected chi connectivity index (χ1v) is 12.4. The summed E-state index contributed by atoms with van der Waals surface area (Å²) in [5.74, 6) is 0.773. The van der Waals surface area contributed by atoms with Crippen LogP contribution in [-0.4, -0.2) is 71.6 Å². The molecule has 3 heterocycles. The Morgan fingerprint density at radius 3 is 2.32 bits per heavy atom. The van der Waals surface area contributed by atoms with Gasteiger partial charge in [-0.1, -0.05) is 12.1 Å². The van der Waals surface area contributed by atoms with Crippen molar-refractivity contribution in [3.63, 3.8) is 0 Å². The number of amides is 2. The highest BCUT2D eigenvalue weighted by atomic mass is 32.2. The van der Waals surface area contributed by atoms with Crippen LogP contribution in [0.3, 0.4) is 0 Å². The van der Waals surface area contributed by atoms with Gasteiger partial charge in [0.25, 0.3) is 5.91 Å². The van der Waals surface area contributed by atoms with Crippen molar-refractivity contribution in [2.75, 3.05) is 49.9 Å². The molecule has 182 valence electrons. The first-order valence-electron chi connectivity index (χ1n) is 11.4. The number of aromatic nitrogens is 1. The highest BCUT2D eigenvalue weighted by Crippen LogP contribution is 2.30. The van der Waals surface area contributed by atoms with Crippen LogP contribution in [0.15, 0.2) is 47.5 Å². The molecular formula is C24H27F3N4O2S. The van der Waals surface area contributed by atoms with Gasteiger partial charge < -0.3 is 14.7 Å². The van der Waals surface area contributed by atoms with Gasteiger partial charge in [-0.15, -0.1) is 11.8 Å². The van der Waals surface area contributed by atoms with Crippen LogP contribution in [-0.2, 0) is 11.0 Å². The van der Waals surface area contributed by atoms with Crippen molar-refractivity contribution in [2.24, 2.45) is 0 Å². The van der Waals surface area contributed by atoms with Crippen LogP contribution < -0.4 is 4.90 Å². The highest BCUT2D eigenvalue weighted by Gasteiger charge is 2.31. The van der Waals surface area contributed by atoms with Crippen molar-refractivity contribution < 1.29 is 22.8 Å². The SMILES string of the molecule is O=C(CSc1ccccc1C(=O)N1CCCN(c2ccc(C(F)(F)F)cn2)CC1)N1CCCC1. The molecule has 6 nitrogen and oxygen atoms in total. The Labute approximate surface area is 201 Å². The van der Waals surface area contributed by atoms with Gasteiger partial charge >= 0.3 is 6.18 Å². The van der Waals surface area contributed by atoms with Crippen molar-refractivity contribution >= 4 is 29.4 Å². The van der Waals surface area contributed by atoms with E-state index in [9.17, 15) is 22.8 Å². The van der Waals surface area contributed by atoms with E-state index in [4.69, 9.17) is 0 Å². The van der Waals surface area contributed by atoms with E-state index in [1.54, 1.807) is 11.0 Å². The van der Waals surface area contributed by atoms with Gasteiger partial charge in [0.2, 0.25) is 5.91 Å². The zero-order valence-corrected chi connectivity index (χ0v) is 19.6. The standard InChI is InChI=1S/C24H27F3N4O2S/c25-24(26,27)18-8-9-21(28-16-18)29-12-5-13-31(15-14-29)23(33)19-6-1-2-7-20(19)34-17-22(32)30-10-3-4-11-30/h1-2,6-9,16H,3-5,10-15,17H2. The summed E-state index contributed by atoms with van der Waals surface area (Å²) < 4.78 is 38.5. The van der Waals surface area contributed by atoms with Crippen LogP contribution in [0.4, 0.5) is 19.0 Å². The monoisotopic (exact) mass is 492 g/mol. The van der Waals surface area contributed by atoms with Crippen LogP contribution >= 0.6 is 11.8 Å². The van der Waals surface area contributed by atoms with Gasteiger partial charge in [-0.25, -0.2) is 4.98 Å². The summed E-state index contributed by atoms with van der Waals surface area (Å²) >= 11 is 1.39. The minimum absolute atomic E-state index is 0.0965. The minimum atomic E-state index is -4.42. The number of likely N-dealkylation sites (tertiary alicyclic amines) is 1. The Kier molecular flexibility index (Phi) is 7.65. The van der Waals surface area contributed by atoms with Gasteiger partial charge in [0, 0.05) is 50.4 Å². The lowest BCUT2D eigenvalue weighted by atomic mass is 10.2. The Morgan fingerprint density at radius 1 is 0.882 bits per heavy atom. The molecule has 1 aromatic carbocycles. The van der Waals surface area contributed by atoms with Crippen LogP contribution in [0.25, 0.3) is 0 Å². The summed E-state index contributed by atoms with van der Waals surface area (Å²) in [6.07, 6.45) is -0.811. The van der Waals surface area contributed by atoms with Crippen LogP contribution in [0.2, 0.25) is 0 Å². The number of carbonyl (C=O) groups is 2. The number of anilines is 1. The molecule has 0 atom stereocenters. The van der Waals surface area contributed by atoms with E-state index < -0.39 is 11.7 Å². The largest absolute Gasteiger partial charge is 0.417 e. The molecule has 0 N–H and O–H groups in total. The molecule has 0 bridgehead atoms. The first-order chi connectivity index (χ1) is 16.3. The van der Waals surface area contributed by atoms with E-state index >= 15 is 0 Å². The second kappa shape index (κ2) is 10.7. The lowest BCUT2D eigenvalue weighted by Gasteiger charge is -2.24. The number of hydrogen-bond acceptors (Lipinski definition) is 5. The average molecular weight is 493 g/mol. The second-order valence-electron chi connectivity index (χ2n) is 8.41. The van der Waals surface area contributed by atoms with E-state index in [-0.39, 0.29) is 11.8 Å². The summed E-state index contributed by atoms with van der Waals surface area (Å²) in [6, 6.07) is 9.74. The summed E-state index contributed by atoms with van der Waals surface area (Å²) in [4.78, 5) is 36.1. The van der Waals surface area contributed by atoms with E-state index in [1.165, 1.54) is 17.8 Å². The van der Waals surface area contributed by atoms with Crippen LogP contribution in [0.1, 0.15) is 35.2 Å². The number of hydrogen-bond donors (Lipinski definition) is 0. The summed E-state index contributed by atoms with van der Waals surface area (Å²) in [7, 11) is 0. The normalized spacial score (nSPS) is 17.1. The highest BCUT2D eigenvalue weighted by molar-refractivity contribution is 8.00. The smallest absolute Gasteiger partial charge is 0.355 e. The molecule has 34 heavy (non-hydrogen) atoms. The number of alkyl halides is 3.